The summed E-state index contributed by atoms with van der Waals surface area (Å²) in [5.74, 6) is 0.925. The number of rotatable bonds is 4. The van der Waals surface area contributed by atoms with Crippen molar-refractivity contribution in [3.63, 3.8) is 0 Å². The first-order valence-electron chi connectivity index (χ1n) is 11.1. The first kappa shape index (κ1) is 20.5. The van der Waals surface area contributed by atoms with Crippen molar-refractivity contribution in [2.45, 2.75) is 45.7 Å². The third-order valence-electron chi connectivity index (χ3n) is 5.84. The average Bonchev–Trinajstić information content (AvgIpc) is 3.23. The molecule has 4 aromatic rings. The third kappa shape index (κ3) is 4.18. The van der Waals surface area contributed by atoms with E-state index >= 15 is 0 Å². The van der Waals surface area contributed by atoms with Crippen LogP contribution in [0.2, 0.25) is 0 Å². The van der Waals surface area contributed by atoms with E-state index in [9.17, 15) is 0 Å². The minimum absolute atomic E-state index is 0.0301. The average molecular weight is 425 g/mol. The van der Waals surface area contributed by atoms with Gasteiger partial charge in [0.2, 0.25) is 0 Å². The summed E-state index contributed by atoms with van der Waals surface area (Å²) < 4.78 is 1.97. The second-order valence-corrected chi connectivity index (χ2v) is 9.40. The van der Waals surface area contributed by atoms with Gasteiger partial charge in [-0.05, 0) is 24.3 Å². The summed E-state index contributed by atoms with van der Waals surface area (Å²) in [7, 11) is 0. The Morgan fingerprint density at radius 3 is 2.53 bits per heavy atom. The predicted octanol–water partition coefficient (Wildman–Crippen LogP) is 4.58. The largest absolute Gasteiger partial charge is 0.294 e. The van der Waals surface area contributed by atoms with Gasteiger partial charge in [-0.15, -0.1) is 0 Å². The van der Waals surface area contributed by atoms with Gasteiger partial charge < -0.3 is 0 Å². The zero-order valence-corrected chi connectivity index (χ0v) is 18.9. The molecule has 0 radical (unpaired) electrons. The van der Waals surface area contributed by atoms with Crippen LogP contribution in [0, 0.1) is 0 Å². The smallest absolute Gasteiger partial charge is 0.133 e. The summed E-state index contributed by atoms with van der Waals surface area (Å²) in [6, 6.07) is 14.3. The zero-order chi connectivity index (χ0) is 22.1. The highest BCUT2D eigenvalue weighted by Gasteiger charge is 2.24. The Kier molecular flexibility index (Phi) is 5.31. The lowest BCUT2D eigenvalue weighted by atomic mass is 9.95. The normalized spacial score (nSPS) is 14.3. The summed E-state index contributed by atoms with van der Waals surface area (Å²) in [6.07, 6.45) is 8.76. The van der Waals surface area contributed by atoms with E-state index in [1.807, 2.05) is 53.6 Å². The first-order valence-corrected chi connectivity index (χ1v) is 11.1. The standard InChI is InChI=1S/C26H28N6/c1-26(2,3)25-28-15-20-16-31(14-11-23(20)29-25)17-21-18-32(22-7-5-4-6-8-22)30-24(21)19-9-12-27-13-10-19/h4-10,12-13,15,18H,11,14,16-17H2,1-3H3. The second kappa shape index (κ2) is 8.28. The zero-order valence-electron chi connectivity index (χ0n) is 18.9. The van der Waals surface area contributed by atoms with Crippen molar-refractivity contribution in [2.75, 3.05) is 6.54 Å². The Labute approximate surface area is 189 Å². The molecule has 0 fully saturated rings. The third-order valence-corrected chi connectivity index (χ3v) is 5.84. The van der Waals surface area contributed by atoms with Crippen molar-refractivity contribution in [1.29, 1.82) is 0 Å². The monoisotopic (exact) mass is 424 g/mol. The van der Waals surface area contributed by atoms with E-state index in [-0.39, 0.29) is 5.41 Å². The number of pyridine rings is 1. The van der Waals surface area contributed by atoms with Crippen LogP contribution in [0.4, 0.5) is 0 Å². The Hall–Kier alpha value is -3.38. The maximum Gasteiger partial charge on any atom is 0.133 e. The summed E-state index contributed by atoms with van der Waals surface area (Å²) in [5, 5.41) is 4.94. The van der Waals surface area contributed by atoms with Gasteiger partial charge in [0.25, 0.3) is 0 Å². The van der Waals surface area contributed by atoms with E-state index in [4.69, 9.17) is 10.1 Å². The molecular formula is C26H28N6. The molecule has 6 nitrogen and oxygen atoms in total. The Balaban J connectivity index is 1.43. The van der Waals surface area contributed by atoms with Crippen LogP contribution >= 0.6 is 0 Å². The number of para-hydroxylation sites is 1. The van der Waals surface area contributed by atoms with Crippen molar-refractivity contribution in [2.24, 2.45) is 0 Å². The maximum atomic E-state index is 4.94. The predicted molar refractivity (Wildman–Crippen MR) is 125 cm³/mol. The number of nitrogens with zero attached hydrogens (tertiary/aromatic N) is 6. The highest BCUT2D eigenvalue weighted by Crippen LogP contribution is 2.27. The van der Waals surface area contributed by atoms with Gasteiger partial charge in [0.05, 0.1) is 11.4 Å². The molecule has 0 atom stereocenters. The van der Waals surface area contributed by atoms with Crippen molar-refractivity contribution in [3.05, 3.63) is 89.9 Å². The van der Waals surface area contributed by atoms with Gasteiger partial charge >= 0.3 is 0 Å². The molecule has 0 spiro atoms. The molecular weight excluding hydrogens is 396 g/mol. The van der Waals surface area contributed by atoms with E-state index in [0.29, 0.717) is 0 Å². The van der Waals surface area contributed by atoms with Crippen LogP contribution in [0.25, 0.3) is 16.9 Å². The van der Waals surface area contributed by atoms with Gasteiger partial charge in [-0.25, -0.2) is 14.6 Å². The number of aromatic nitrogens is 5. The van der Waals surface area contributed by atoms with E-state index in [2.05, 4.69) is 54.0 Å². The molecule has 1 aliphatic heterocycles. The molecule has 1 aliphatic rings. The number of benzene rings is 1. The highest BCUT2D eigenvalue weighted by atomic mass is 15.3. The lowest BCUT2D eigenvalue weighted by molar-refractivity contribution is 0.242. The van der Waals surface area contributed by atoms with E-state index in [1.165, 1.54) is 16.8 Å². The molecule has 0 unspecified atom stereocenters. The molecule has 162 valence electrons. The fourth-order valence-corrected chi connectivity index (χ4v) is 4.10. The molecule has 0 saturated heterocycles. The van der Waals surface area contributed by atoms with Gasteiger partial charge in [-0.3, -0.25) is 9.88 Å². The van der Waals surface area contributed by atoms with Crippen molar-refractivity contribution < 1.29 is 0 Å². The van der Waals surface area contributed by atoms with Gasteiger partial charge in [0, 0.05) is 78.6 Å². The van der Waals surface area contributed by atoms with Gasteiger partial charge in [0.15, 0.2) is 0 Å². The summed E-state index contributed by atoms with van der Waals surface area (Å²) in [6.45, 7) is 9.13. The van der Waals surface area contributed by atoms with Crippen molar-refractivity contribution >= 4 is 0 Å². The van der Waals surface area contributed by atoms with E-state index in [0.717, 1.165) is 48.8 Å². The Bertz CT molecular complexity index is 1210. The molecule has 0 saturated carbocycles. The molecule has 4 heterocycles. The molecule has 0 N–H and O–H groups in total. The molecule has 0 aliphatic carbocycles. The summed E-state index contributed by atoms with van der Waals surface area (Å²) in [5.41, 5.74) is 6.73. The topological polar surface area (TPSA) is 59.7 Å². The van der Waals surface area contributed by atoms with E-state index < -0.39 is 0 Å². The molecule has 6 heteroatoms. The fraction of sp³-hybridized carbons (Fsp3) is 0.308. The van der Waals surface area contributed by atoms with Crippen LogP contribution in [0.3, 0.4) is 0 Å². The quantitative estimate of drug-likeness (QED) is 0.480. The lowest BCUT2D eigenvalue weighted by Crippen LogP contribution is -2.32. The van der Waals surface area contributed by atoms with Crippen LogP contribution < -0.4 is 0 Å². The fourth-order valence-electron chi connectivity index (χ4n) is 4.10. The number of hydrogen-bond acceptors (Lipinski definition) is 5. The van der Waals surface area contributed by atoms with E-state index in [1.54, 1.807) is 0 Å². The molecule has 0 amide bonds. The van der Waals surface area contributed by atoms with Crippen LogP contribution in [-0.4, -0.2) is 36.2 Å². The minimum Gasteiger partial charge on any atom is -0.294 e. The van der Waals surface area contributed by atoms with Crippen LogP contribution in [0.1, 0.15) is 43.4 Å². The van der Waals surface area contributed by atoms with Crippen molar-refractivity contribution in [1.82, 2.24) is 29.6 Å². The molecule has 5 rings (SSSR count). The Morgan fingerprint density at radius 1 is 1.00 bits per heavy atom. The summed E-state index contributed by atoms with van der Waals surface area (Å²) in [4.78, 5) is 16.2. The lowest BCUT2D eigenvalue weighted by Gasteiger charge is -2.29. The van der Waals surface area contributed by atoms with Crippen LogP contribution in [-0.2, 0) is 24.9 Å². The molecule has 1 aromatic carbocycles. The Morgan fingerprint density at radius 2 is 1.78 bits per heavy atom. The minimum atomic E-state index is -0.0301. The molecule has 32 heavy (non-hydrogen) atoms. The summed E-state index contributed by atoms with van der Waals surface area (Å²) >= 11 is 0. The van der Waals surface area contributed by atoms with Crippen LogP contribution in [0.15, 0.2) is 67.3 Å². The highest BCUT2D eigenvalue weighted by molar-refractivity contribution is 5.62. The number of fused-ring (bicyclic) bond motifs is 1. The van der Waals surface area contributed by atoms with Gasteiger partial charge in [-0.2, -0.15) is 5.10 Å². The maximum absolute atomic E-state index is 4.94. The van der Waals surface area contributed by atoms with Crippen LogP contribution in [0.5, 0.6) is 0 Å². The van der Waals surface area contributed by atoms with Crippen molar-refractivity contribution in [3.8, 4) is 16.9 Å². The molecule has 3 aromatic heterocycles. The molecule has 0 bridgehead atoms. The number of hydrogen-bond donors (Lipinski definition) is 0. The van der Waals surface area contributed by atoms with Gasteiger partial charge in [0.1, 0.15) is 5.82 Å². The van der Waals surface area contributed by atoms with Gasteiger partial charge in [-0.1, -0.05) is 39.0 Å². The first-order chi connectivity index (χ1) is 15.5. The SMILES string of the molecule is CC(C)(C)c1ncc2c(n1)CCN(Cc1cn(-c3ccccc3)nc1-c1ccncc1)C2. The second-order valence-electron chi connectivity index (χ2n) is 9.40.